The highest BCUT2D eigenvalue weighted by molar-refractivity contribution is 5.69. The Labute approximate surface area is 163 Å². The number of aromatic nitrogens is 2. The van der Waals surface area contributed by atoms with E-state index >= 15 is 0 Å². The van der Waals surface area contributed by atoms with Crippen molar-refractivity contribution in [2.75, 3.05) is 34.4 Å². The highest BCUT2D eigenvalue weighted by Gasteiger charge is 2.13. The molecule has 0 spiro atoms. The summed E-state index contributed by atoms with van der Waals surface area (Å²) < 4.78 is 12.2. The fourth-order valence-corrected chi connectivity index (χ4v) is 3.47. The first-order valence-electron chi connectivity index (χ1n) is 9.23. The van der Waals surface area contributed by atoms with Crippen LogP contribution in [-0.2, 0) is 0 Å². The molecule has 1 aliphatic heterocycles. The Morgan fingerprint density at radius 2 is 1.79 bits per heavy atom. The average molecular weight is 377 g/mol. The standard InChI is InChI=1S/C22H23N3O3/c1-24-10-8-15(9-11-24)17-5-7-21-23-18(13-22(26)25(21)14-17)16-4-6-19(27-2)20(12-16)28-3/h4-8,12-14H,9-11H2,1-3H3. The van der Waals surface area contributed by atoms with Crippen molar-refractivity contribution in [3.63, 3.8) is 0 Å². The lowest BCUT2D eigenvalue weighted by Crippen LogP contribution is -2.24. The number of hydrogen-bond donors (Lipinski definition) is 0. The molecule has 0 atom stereocenters. The van der Waals surface area contributed by atoms with Gasteiger partial charge in [0.05, 0.1) is 19.9 Å². The molecule has 0 radical (unpaired) electrons. The lowest BCUT2D eigenvalue weighted by molar-refractivity contribution is 0.355. The summed E-state index contributed by atoms with van der Waals surface area (Å²) in [6.07, 6.45) is 5.09. The topological polar surface area (TPSA) is 56.1 Å². The Hall–Kier alpha value is -3.12. The molecule has 2 aromatic heterocycles. The van der Waals surface area contributed by atoms with E-state index in [1.807, 2.05) is 36.5 Å². The van der Waals surface area contributed by atoms with Crippen molar-refractivity contribution in [2.45, 2.75) is 6.42 Å². The Bertz CT molecular complexity index is 1120. The third-order valence-electron chi connectivity index (χ3n) is 5.12. The van der Waals surface area contributed by atoms with Crippen LogP contribution in [0.4, 0.5) is 0 Å². The zero-order chi connectivity index (χ0) is 19.7. The molecule has 1 aromatic carbocycles. The van der Waals surface area contributed by atoms with Gasteiger partial charge in [-0.3, -0.25) is 9.20 Å². The zero-order valence-corrected chi connectivity index (χ0v) is 16.3. The van der Waals surface area contributed by atoms with Crippen LogP contribution in [0.15, 0.2) is 53.5 Å². The molecule has 28 heavy (non-hydrogen) atoms. The summed E-state index contributed by atoms with van der Waals surface area (Å²) in [6.45, 7) is 1.95. The van der Waals surface area contributed by atoms with Crippen LogP contribution in [0.25, 0.3) is 22.5 Å². The summed E-state index contributed by atoms with van der Waals surface area (Å²) in [5.74, 6) is 1.24. The third kappa shape index (κ3) is 3.39. The van der Waals surface area contributed by atoms with Gasteiger partial charge < -0.3 is 14.4 Å². The average Bonchev–Trinajstić information content (AvgIpc) is 2.73. The molecule has 0 fully saturated rings. The quantitative estimate of drug-likeness (QED) is 0.699. The second-order valence-corrected chi connectivity index (χ2v) is 6.94. The van der Waals surface area contributed by atoms with Crippen LogP contribution in [0.2, 0.25) is 0 Å². The van der Waals surface area contributed by atoms with E-state index in [-0.39, 0.29) is 5.56 Å². The fraction of sp³-hybridized carbons (Fsp3) is 0.273. The summed E-state index contributed by atoms with van der Waals surface area (Å²) in [6, 6.07) is 11.0. The van der Waals surface area contributed by atoms with Crippen molar-refractivity contribution in [3.05, 3.63) is 64.6 Å². The lowest BCUT2D eigenvalue weighted by Gasteiger charge is -2.22. The molecule has 4 rings (SSSR count). The van der Waals surface area contributed by atoms with Gasteiger partial charge in [-0.25, -0.2) is 4.98 Å². The van der Waals surface area contributed by atoms with Crippen LogP contribution in [-0.4, -0.2) is 48.6 Å². The Balaban J connectivity index is 1.76. The molecular weight excluding hydrogens is 354 g/mol. The Morgan fingerprint density at radius 1 is 1.00 bits per heavy atom. The SMILES string of the molecule is COc1ccc(-c2cc(=O)n3cc(C4=CCN(C)CC4)ccc3n2)cc1OC. The van der Waals surface area contributed by atoms with Crippen LogP contribution in [0.3, 0.4) is 0 Å². The van der Waals surface area contributed by atoms with E-state index in [0.717, 1.165) is 30.6 Å². The van der Waals surface area contributed by atoms with Crippen molar-refractivity contribution < 1.29 is 9.47 Å². The fourth-order valence-electron chi connectivity index (χ4n) is 3.47. The van der Waals surface area contributed by atoms with E-state index in [2.05, 4.69) is 23.0 Å². The van der Waals surface area contributed by atoms with Gasteiger partial charge in [-0.1, -0.05) is 6.08 Å². The molecule has 6 heteroatoms. The summed E-state index contributed by atoms with van der Waals surface area (Å²) in [5, 5.41) is 0. The smallest absolute Gasteiger partial charge is 0.258 e. The van der Waals surface area contributed by atoms with Crippen LogP contribution in [0.5, 0.6) is 11.5 Å². The molecule has 0 amide bonds. The van der Waals surface area contributed by atoms with Crippen molar-refractivity contribution in [1.29, 1.82) is 0 Å². The number of methoxy groups -OCH3 is 2. The minimum atomic E-state index is -0.106. The first kappa shape index (κ1) is 18.3. The predicted molar refractivity (Wildman–Crippen MR) is 110 cm³/mol. The highest BCUT2D eigenvalue weighted by Crippen LogP contribution is 2.31. The van der Waals surface area contributed by atoms with E-state index in [1.165, 1.54) is 5.57 Å². The van der Waals surface area contributed by atoms with Gasteiger partial charge in [0.25, 0.3) is 5.56 Å². The normalized spacial score (nSPS) is 14.8. The maximum Gasteiger partial charge on any atom is 0.258 e. The maximum atomic E-state index is 12.8. The van der Waals surface area contributed by atoms with Crippen LogP contribution in [0, 0.1) is 0 Å². The van der Waals surface area contributed by atoms with E-state index in [9.17, 15) is 4.79 Å². The molecule has 6 nitrogen and oxygen atoms in total. The molecule has 0 saturated heterocycles. The summed E-state index contributed by atoms with van der Waals surface area (Å²) >= 11 is 0. The summed E-state index contributed by atoms with van der Waals surface area (Å²) in [4.78, 5) is 19.7. The maximum absolute atomic E-state index is 12.8. The van der Waals surface area contributed by atoms with Gasteiger partial charge in [-0.2, -0.15) is 0 Å². The monoisotopic (exact) mass is 377 g/mol. The number of ether oxygens (including phenoxy) is 2. The number of likely N-dealkylation sites (N-methyl/N-ethyl adjacent to an activating group) is 1. The number of pyridine rings is 1. The molecule has 0 N–H and O–H groups in total. The second kappa shape index (κ2) is 7.48. The van der Waals surface area contributed by atoms with Gasteiger partial charge in [0.2, 0.25) is 0 Å². The molecule has 0 bridgehead atoms. The summed E-state index contributed by atoms with van der Waals surface area (Å²) in [5.41, 5.74) is 4.27. The van der Waals surface area contributed by atoms with Crippen molar-refractivity contribution in [3.8, 4) is 22.8 Å². The van der Waals surface area contributed by atoms with E-state index in [0.29, 0.717) is 22.8 Å². The van der Waals surface area contributed by atoms with Gasteiger partial charge in [-0.05, 0) is 54.9 Å². The number of hydrogen-bond acceptors (Lipinski definition) is 5. The third-order valence-corrected chi connectivity index (χ3v) is 5.12. The molecular formula is C22H23N3O3. The lowest BCUT2D eigenvalue weighted by atomic mass is 10.0. The zero-order valence-electron chi connectivity index (χ0n) is 16.3. The molecule has 144 valence electrons. The molecule has 0 saturated carbocycles. The van der Waals surface area contributed by atoms with E-state index in [1.54, 1.807) is 24.7 Å². The number of nitrogens with zero attached hydrogens (tertiary/aromatic N) is 3. The van der Waals surface area contributed by atoms with Crippen molar-refractivity contribution in [2.24, 2.45) is 0 Å². The minimum Gasteiger partial charge on any atom is -0.493 e. The molecule has 1 aliphatic rings. The number of fused-ring (bicyclic) bond motifs is 1. The summed E-state index contributed by atoms with van der Waals surface area (Å²) in [7, 11) is 5.29. The van der Waals surface area contributed by atoms with Crippen LogP contribution < -0.4 is 15.0 Å². The highest BCUT2D eigenvalue weighted by atomic mass is 16.5. The largest absolute Gasteiger partial charge is 0.493 e. The van der Waals surface area contributed by atoms with Crippen molar-refractivity contribution in [1.82, 2.24) is 14.3 Å². The second-order valence-electron chi connectivity index (χ2n) is 6.94. The molecule has 0 aliphatic carbocycles. The molecule has 3 heterocycles. The number of rotatable bonds is 4. The van der Waals surface area contributed by atoms with E-state index < -0.39 is 0 Å². The van der Waals surface area contributed by atoms with Gasteiger partial charge >= 0.3 is 0 Å². The first-order valence-corrected chi connectivity index (χ1v) is 9.23. The van der Waals surface area contributed by atoms with Gasteiger partial charge in [0.15, 0.2) is 11.5 Å². The molecule has 3 aromatic rings. The number of benzene rings is 1. The van der Waals surface area contributed by atoms with Gasteiger partial charge in [0.1, 0.15) is 5.65 Å². The predicted octanol–water partition coefficient (Wildman–Crippen LogP) is 3.10. The Kier molecular flexibility index (Phi) is 4.88. The molecule has 0 unspecified atom stereocenters. The first-order chi connectivity index (χ1) is 13.6. The van der Waals surface area contributed by atoms with Crippen LogP contribution >= 0.6 is 0 Å². The van der Waals surface area contributed by atoms with Crippen molar-refractivity contribution >= 4 is 11.2 Å². The van der Waals surface area contributed by atoms with Gasteiger partial charge in [0, 0.05) is 30.9 Å². The Morgan fingerprint density at radius 3 is 2.50 bits per heavy atom. The minimum absolute atomic E-state index is 0.106. The van der Waals surface area contributed by atoms with E-state index in [4.69, 9.17) is 9.47 Å². The van der Waals surface area contributed by atoms with Crippen LogP contribution in [0.1, 0.15) is 12.0 Å². The van der Waals surface area contributed by atoms with Gasteiger partial charge in [-0.15, -0.1) is 0 Å².